The van der Waals surface area contributed by atoms with E-state index in [0.717, 1.165) is 33.6 Å². The Kier molecular flexibility index (Phi) is 14.4. The molecule has 21 heteroatoms. The first kappa shape index (κ1) is 46.9. The van der Waals surface area contributed by atoms with E-state index < -0.39 is 24.0 Å². The molecule has 0 bridgehead atoms. The van der Waals surface area contributed by atoms with E-state index in [4.69, 9.17) is 42.7 Å². The van der Waals surface area contributed by atoms with Crippen molar-refractivity contribution in [1.82, 2.24) is 56.1 Å². The van der Waals surface area contributed by atoms with Crippen LogP contribution in [0.5, 0.6) is 11.5 Å². The lowest BCUT2D eigenvalue weighted by atomic mass is 10.00. The molecule has 2 aliphatic heterocycles. The summed E-state index contributed by atoms with van der Waals surface area (Å²) in [6, 6.07) is 23.8. The molecule has 2 aromatic heterocycles. The molecule has 2 aliphatic rings. The summed E-state index contributed by atoms with van der Waals surface area (Å²) in [4.78, 5) is 61.9. The Labute approximate surface area is 400 Å². The van der Waals surface area contributed by atoms with Crippen LogP contribution < -0.4 is 36.1 Å². The molecule has 0 saturated carbocycles. The van der Waals surface area contributed by atoms with Crippen LogP contribution in [0.25, 0.3) is 11.4 Å². The fraction of sp³-hybridized carbons (Fsp3) is 0.277. The van der Waals surface area contributed by atoms with Gasteiger partial charge in [0.05, 0.1) is 56.4 Å². The van der Waals surface area contributed by atoms with E-state index in [1.807, 2.05) is 83.6 Å². The molecule has 0 unspecified atom stereocenters. The molecule has 0 radical (unpaired) electrons. The number of hydrogen-bond donors (Lipinski definition) is 5. The SMILES string of the molecule is COc1ccc2c(c1)C(c1ccc(Cl)cc1)=N[C@@H](CC(=O)NCCNC(=O)CNC(=O)NCCNC(=O)C[C@@H]1N=C(c3ccc(Cl)cc3)c3cc(OC)ccc3-n3c(C)nnc31)c1nnc(C)n1-2. The minimum atomic E-state index is -0.704. The number of urea groups is 1. The molecule has 68 heavy (non-hydrogen) atoms. The zero-order chi connectivity index (χ0) is 47.9. The normalized spacial score (nSPS) is 14.6. The van der Waals surface area contributed by atoms with Gasteiger partial charge < -0.3 is 36.1 Å². The van der Waals surface area contributed by atoms with Crippen molar-refractivity contribution in [2.24, 2.45) is 9.98 Å². The highest BCUT2D eigenvalue weighted by molar-refractivity contribution is 6.31. The Bertz CT molecular complexity index is 2740. The van der Waals surface area contributed by atoms with Gasteiger partial charge in [-0.25, -0.2) is 4.79 Å². The summed E-state index contributed by atoms with van der Waals surface area (Å²) in [5.41, 5.74) is 5.96. The number of fused-ring (bicyclic) bond motifs is 6. The lowest BCUT2D eigenvalue weighted by Gasteiger charge is -2.14. The quantitative estimate of drug-likeness (QED) is 0.0840. The Morgan fingerprint density at radius 3 is 1.38 bits per heavy atom. The van der Waals surface area contributed by atoms with Gasteiger partial charge in [-0.1, -0.05) is 47.5 Å². The van der Waals surface area contributed by atoms with Gasteiger partial charge in [-0.2, -0.15) is 0 Å². The third kappa shape index (κ3) is 10.5. The maximum atomic E-state index is 13.3. The molecule has 19 nitrogen and oxygen atoms in total. The Hall–Kier alpha value is -7.64. The smallest absolute Gasteiger partial charge is 0.315 e. The molecular weight excluding hydrogens is 914 g/mol. The number of aromatic nitrogens is 6. The average Bonchev–Trinajstić information content (AvgIpc) is 3.84. The molecule has 0 fully saturated rings. The van der Waals surface area contributed by atoms with Crippen molar-refractivity contribution in [2.45, 2.75) is 38.8 Å². The van der Waals surface area contributed by atoms with Crippen LogP contribution in [0, 0.1) is 13.8 Å². The molecule has 5 N–H and O–H groups in total. The summed E-state index contributed by atoms with van der Waals surface area (Å²) in [6.07, 6.45) is -0.107. The monoisotopic (exact) mass is 959 g/mol. The van der Waals surface area contributed by atoms with E-state index in [9.17, 15) is 19.2 Å². The summed E-state index contributed by atoms with van der Waals surface area (Å²) in [5, 5.41) is 32.0. The number of methoxy groups -OCH3 is 2. The maximum absolute atomic E-state index is 13.3. The second-order valence-electron chi connectivity index (χ2n) is 15.7. The van der Waals surface area contributed by atoms with Gasteiger partial charge in [0.1, 0.15) is 35.2 Å². The predicted molar refractivity (Wildman–Crippen MR) is 255 cm³/mol. The number of nitrogens with zero attached hydrogens (tertiary/aromatic N) is 8. The van der Waals surface area contributed by atoms with Gasteiger partial charge >= 0.3 is 6.03 Å². The number of carbonyl (C=O) groups is 4. The Morgan fingerprint density at radius 2 is 0.956 bits per heavy atom. The van der Waals surface area contributed by atoms with Crippen LogP contribution in [0.3, 0.4) is 0 Å². The highest BCUT2D eigenvalue weighted by Gasteiger charge is 2.32. The molecule has 0 saturated heterocycles. The standard InChI is InChI=1S/C47H47Cl2N13O6/c1-26-57-59-45-36(55-43(28-5-9-30(48)10-6-28)34-21-32(67-3)13-15-38(34)61(26)45)23-40(63)50-17-18-52-42(65)25-54-47(66)53-20-19-51-41(64)24-37-46-60-58-27(2)62(46)39-16-14-33(68-4)22-35(39)44(56-37)29-7-11-31(49)12-8-29/h5-16,21-22,36-37H,17-20,23-25H2,1-4H3,(H,50,63)(H,51,64)(H,52,65)(H2,53,54,66)/t36-,37-/m0/s1. The van der Waals surface area contributed by atoms with Crippen LogP contribution in [0.2, 0.25) is 10.0 Å². The summed E-state index contributed by atoms with van der Waals surface area (Å²) in [6.45, 7) is 3.76. The average molecular weight is 961 g/mol. The van der Waals surface area contributed by atoms with Crippen molar-refractivity contribution in [1.29, 1.82) is 0 Å². The van der Waals surface area contributed by atoms with Gasteiger partial charge in [0, 0.05) is 58.5 Å². The van der Waals surface area contributed by atoms with Crippen LogP contribution in [0.1, 0.15) is 70.5 Å². The fourth-order valence-electron chi connectivity index (χ4n) is 7.92. The second-order valence-corrected chi connectivity index (χ2v) is 16.6. The zero-order valence-electron chi connectivity index (χ0n) is 37.5. The number of rotatable bonds is 16. The first-order valence-corrected chi connectivity index (χ1v) is 22.4. The highest BCUT2D eigenvalue weighted by Crippen LogP contribution is 2.36. The number of amides is 5. The van der Waals surface area contributed by atoms with Gasteiger partial charge in [-0.05, 0) is 74.5 Å². The van der Waals surface area contributed by atoms with E-state index in [0.29, 0.717) is 56.3 Å². The number of carbonyl (C=O) groups excluding carboxylic acids is 4. The molecule has 6 aromatic rings. The van der Waals surface area contributed by atoms with Crippen molar-refractivity contribution in [3.05, 3.63) is 141 Å². The molecule has 0 spiro atoms. The number of benzene rings is 4. The fourth-order valence-corrected chi connectivity index (χ4v) is 8.17. The number of halogens is 2. The van der Waals surface area contributed by atoms with Crippen molar-refractivity contribution >= 4 is 58.4 Å². The van der Waals surface area contributed by atoms with Crippen LogP contribution in [-0.4, -0.2) is 112 Å². The minimum absolute atomic E-state index is 0.0520. The highest BCUT2D eigenvalue weighted by atomic mass is 35.5. The minimum Gasteiger partial charge on any atom is -0.497 e. The number of hydrogen-bond acceptors (Lipinski definition) is 12. The van der Waals surface area contributed by atoms with E-state index in [2.05, 4.69) is 47.0 Å². The third-order valence-electron chi connectivity index (χ3n) is 11.2. The van der Waals surface area contributed by atoms with Gasteiger partial charge in [-0.15, -0.1) is 20.4 Å². The van der Waals surface area contributed by atoms with E-state index in [1.54, 1.807) is 38.5 Å². The zero-order valence-corrected chi connectivity index (χ0v) is 39.0. The van der Waals surface area contributed by atoms with Gasteiger partial charge in [-0.3, -0.25) is 33.5 Å². The van der Waals surface area contributed by atoms with Gasteiger partial charge in [0.25, 0.3) is 0 Å². The van der Waals surface area contributed by atoms with Crippen molar-refractivity contribution in [3.63, 3.8) is 0 Å². The molecule has 5 amide bonds. The summed E-state index contributed by atoms with van der Waals surface area (Å²) >= 11 is 12.4. The Balaban J connectivity index is 0.795. The molecular formula is C47H47Cl2N13O6. The predicted octanol–water partition coefficient (Wildman–Crippen LogP) is 4.70. The first-order valence-electron chi connectivity index (χ1n) is 21.6. The number of ether oxygens (including phenoxy) is 2. The molecule has 2 atom stereocenters. The lowest BCUT2D eigenvalue weighted by Crippen LogP contribution is -2.45. The van der Waals surface area contributed by atoms with Crippen molar-refractivity contribution in [3.8, 4) is 22.9 Å². The topological polar surface area (TPSA) is 233 Å². The largest absolute Gasteiger partial charge is 0.497 e. The van der Waals surface area contributed by atoms with Crippen LogP contribution in [0.15, 0.2) is 94.9 Å². The molecule has 4 aromatic carbocycles. The number of aryl methyl sites for hydroxylation is 2. The number of aliphatic imine (C=N–C) groups is 2. The lowest BCUT2D eigenvalue weighted by molar-refractivity contribution is -0.122. The Morgan fingerprint density at radius 1 is 0.544 bits per heavy atom. The van der Waals surface area contributed by atoms with Crippen LogP contribution >= 0.6 is 23.2 Å². The first-order chi connectivity index (χ1) is 32.9. The molecule has 350 valence electrons. The van der Waals surface area contributed by atoms with Crippen LogP contribution in [-0.2, 0) is 14.4 Å². The maximum Gasteiger partial charge on any atom is 0.315 e. The van der Waals surface area contributed by atoms with Crippen LogP contribution in [0.4, 0.5) is 4.79 Å². The van der Waals surface area contributed by atoms with E-state index in [1.165, 1.54) is 0 Å². The van der Waals surface area contributed by atoms with Crippen molar-refractivity contribution < 1.29 is 28.7 Å². The second kappa shape index (κ2) is 20.9. The van der Waals surface area contributed by atoms with Gasteiger partial charge in [0.15, 0.2) is 11.6 Å². The summed E-state index contributed by atoms with van der Waals surface area (Å²) in [5.74, 6) is 2.39. The number of nitrogens with one attached hydrogen (secondary N) is 5. The van der Waals surface area contributed by atoms with Gasteiger partial charge in [0.2, 0.25) is 17.7 Å². The van der Waals surface area contributed by atoms with E-state index >= 15 is 0 Å². The third-order valence-corrected chi connectivity index (χ3v) is 11.7. The van der Waals surface area contributed by atoms with E-state index in [-0.39, 0.29) is 57.4 Å². The molecule has 0 aliphatic carbocycles. The summed E-state index contributed by atoms with van der Waals surface area (Å²) < 4.78 is 14.9. The summed E-state index contributed by atoms with van der Waals surface area (Å²) in [7, 11) is 3.18. The van der Waals surface area contributed by atoms with Crippen molar-refractivity contribution in [2.75, 3.05) is 46.9 Å². The molecule has 8 rings (SSSR count). The molecule has 4 heterocycles.